The van der Waals surface area contributed by atoms with Gasteiger partial charge in [0.25, 0.3) is 0 Å². The minimum Gasteiger partial charge on any atom is -0.339 e. The van der Waals surface area contributed by atoms with Crippen molar-refractivity contribution in [2.45, 2.75) is 13.3 Å². The fourth-order valence-corrected chi connectivity index (χ4v) is 1.74. The second-order valence-corrected chi connectivity index (χ2v) is 4.37. The third-order valence-corrected chi connectivity index (χ3v) is 2.73. The third-order valence-electron chi connectivity index (χ3n) is 2.04. The third kappa shape index (κ3) is 2.76. The van der Waals surface area contributed by atoms with Crippen molar-refractivity contribution in [3.05, 3.63) is 34.4 Å². The monoisotopic (exact) mass is 298 g/mol. The molecule has 0 atom stereocenters. The Hall–Kier alpha value is -1.56. The van der Waals surface area contributed by atoms with E-state index < -0.39 is 0 Å². The average molecular weight is 299 g/mol. The lowest BCUT2D eigenvalue weighted by molar-refractivity contribution is -0.116. The first kappa shape index (κ1) is 11.9. The summed E-state index contributed by atoms with van der Waals surface area (Å²) in [6.45, 7) is 1.43. The molecular formula is C11H8BrFN2O2. The van der Waals surface area contributed by atoms with Crippen LogP contribution in [0, 0.1) is 5.82 Å². The largest absolute Gasteiger partial charge is 0.339 e. The van der Waals surface area contributed by atoms with E-state index in [1.54, 1.807) is 6.07 Å². The van der Waals surface area contributed by atoms with Gasteiger partial charge in [0, 0.05) is 10.0 Å². The van der Waals surface area contributed by atoms with Crippen LogP contribution in [0.15, 0.2) is 27.2 Å². The van der Waals surface area contributed by atoms with Crippen molar-refractivity contribution in [3.8, 4) is 11.4 Å². The molecule has 17 heavy (non-hydrogen) atoms. The van der Waals surface area contributed by atoms with Gasteiger partial charge in [-0.1, -0.05) is 21.1 Å². The summed E-state index contributed by atoms with van der Waals surface area (Å²) in [5, 5.41) is 3.71. The van der Waals surface area contributed by atoms with Gasteiger partial charge in [0.1, 0.15) is 11.6 Å². The lowest BCUT2D eigenvalue weighted by atomic mass is 10.2. The summed E-state index contributed by atoms with van der Waals surface area (Å²) in [6.07, 6.45) is 0.0833. The smallest absolute Gasteiger partial charge is 0.234 e. The van der Waals surface area contributed by atoms with Crippen molar-refractivity contribution in [1.82, 2.24) is 10.1 Å². The van der Waals surface area contributed by atoms with Crippen LogP contribution in [-0.2, 0) is 11.2 Å². The molecule has 0 spiro atoms. The van der Waals surface area contributed by atoms with Crippen molar-refractivity contribution in [2.24, 2.45) is 0 Å². The molecule has 1 aromatic carbocycles. The van der Waals surface area contributed by atoms with E-state index in [1.165, 1.54) is 19.1 Å². The quantitative estimate of drug-likeness (QED) is 0.874. The van der Waals surface area contributed by atoms with Crippen molar-refractivity contribution in [1.29, 1.82) is 0 Å². The second kappa shape index (κ2) is 4.75. The summed E-state index contributed by atoms with van der Waals surface area (Å²) in [5.74, 6) is 0.0240. The van der Waals surface area contributed by atoms with Crippen LogP contribution in [0.1, 0.15) is 12.8 Å². The standard InChI is InChI=1S/C11H8BrFN2O2/c1-6(16)4-10-14-11(15-17-10)8-5-7(13)2-3-9(8)12/h2-3,5H,4H2,1H3. The molecule has 0 amide bonds. The van der Waals surface area contributed by atoms with Crippen LogP contribution < -0.4 is 0 Å². The molecule has 0 aliphatic carbocycles. The summed E-state index contributed by atoms with van der Waals surface area (Å²) >= 11 is 3.27. The van der Waals surface area contributed by atoms with Crippen LogP contribution in [0.2, 0.25) is 0 Å². The number of hydrogen-bond donors (Lipinski definition) is 0. The normalized spacial score (nSPS) is 10.5. The topological polar surface area (TPSA) is 56.0 Å². The molecule has 0 unspecified atom stereocenters. The van der Waals surface area contributed by atoms with Crippen LogP contribution in [0.4, 0.5) is 4.39 Å². The van der Waals surface area contributed by atoms with Gasteiger partial charge in [0.15, 0.2) is 0 Å². The Morgan fingerprint density at radius 1 is 1.53 bits per heavy atom. The van der Waals surface area contributed by atoms with Gasteiger partial charge >= 0.3 is 0 Å². The van der Waals surface area contributed by atoms with Gasteiger partial charge in [0.2, 0.25) is 11.7 Å². The first-order valence-electron chi connectivity index (χ1n) is 4.83. The van der Waals surface area contributed by atoms with Crippen molar-refractivity contribution >= 4 is 21.7 Å². The Labute approximate surface area is 105 Å². The zero-order chi connectivity index (χ0) is 12.4. The van der Waals surface area contributed by atoms with Crippen LogP contribution in [0.5, 0.6) is 0 Å². The highest BCUT2D eigenvalue weighted by Crippen LogP contribution is 2.26. The number of nitrogens with zero attached hydrogens (tertiary/aromatic N) is 2. The lowest BCUT2D eigenvalue weighted by Crippen LogP contribution is -1.96. The molecule has 2 rings (SSSR count). The minimum absolute atomic E-state index is 0.0708. The molecule has 0 saturated carbocycles. The molecule has 1 heterocycles. The summed E-state index contributed by atoms with van der Waals surface area (Å²) in [4.78, 5) is 14.9. The maximum Gasteiger partial charge on any atom is 0.234 e. The number of halogens is 2. The van der Waals surface area contributed by atoms with E-state index in [4.69, 9.17) is 4.52 Å². The second-order valence-electron chi connectivity index (χ2n) is 3.51. The molecule has 0 radical (unpaired) electrons. The molecule has 1 aromatic heterocycles. The predicted octanol–water partition coefficient (Wildman–Crippen LogP) is 2.77. The van der Waals surface area contributed by atoms with Crippen LogP contribution in [-0.4, -0.2) is 15.9 Å². The van der Waals surface area contributed by atoms with Crippen LogP contribution >= 0.6 is 15.9 Å². The summed E-state index contributed by atoms with van der Waals surface area (Å²) < 4.78 is 18.6. The van der Waals surface area contributed by atoms with Gasteiger partial charge < -0.3 is 4.52 Å². The highest BCUT2D eigenvalue weighted by molar-refractivity contribution is 9.10. The van der Waals surface area contributed by atoms with Crippen LogP contribution in [0.3, 0.4) is 0 Å². The van der Waals surface area contributed by atoms with E-state index in [1.807, 2.05) is 0 Å². The van der Waals surface area contributed by atoms with Gasteiger partial charge in [-0.15, -0.1) is 0 Å². The SMILES string of the molecule is CC(=O)Cc1nc(-c2cc(F)ccc2Br)no1. The first-order valence-corrected chi connectivity index (χ1v) is 5.63. The molecular weight excluding hydrogens is 291 g/mol. The van der Waals surface area contributed by atoms with Gasteiger partial charge in [-0.25, -0.2) is 4.39 Å². The van der Waals surface area contributed by atoms with Gasteiger partial charge in [-0.2, -0.15) is 4.98 Å². The average Bonchev–Trinajstić information content (AvgIpc) is 2.69. The number of Topliss-reactive ketones (excluding diaryl/α,β-unsaturated/α-hetero) is 1. The minimum atomic E-state index is -0.388. The Morgan fingerprint density at radius 2 is 2.29 bits per heavy atom. The Balaban J connectivity index is 2.36. The van der Waals surface area contributed by atoms with Crippen LogP contribution in [0.25, 0.3) is 11.4 Å². The van der Waals surface area contributed by atoms with E-state index >= 15 is 0 Å². The maximum atomic E-state index is 13.1. The van der Waals surface area contributed by atoms with Crippen molar-refractivity contribution < 1.29 is 13.7 Å². The fraction of sp³-hybridized carbons (Fsp3) is 0.182. The number of hydrogen-bond acceptors (Lipinski definition) is 4. The predicted molar refractivity (Wildman–Crippen MR) is 61.8 cm³/mol. The van der Waals surface area contributed by atoms with E-state index in [0.717, 1.165) is 0 Å². The number of carbonyl (C=O) groups is 1. The van der Waals surface area contributed by atoms with Gasteiger partial charge in [0.05, 0.1) is 6.42 Å². The van der Waals surface area contributed by atoms with E-state index in [9.17, 15) is 9.18 Å². The molecule has 88 valence electrons. The molecule has 6 heteroatoms. The number of aromatic nitrogens is 2. The van der Waals surface area contributed by atoms with Crippen molar-refractivity contribution in [2.75, 3.05) is 0 Å². The lowest BCUT2D eigenvalue weighted by Gasteiger charge is -1.98. The van der Waals surface area contributed by atoms with Gasteiger partial charge in [-0.3, -0.25) is 4.79 Å². The fourth-order valence-electron chi connectivity index (χ4n) is 1.32. The molecule has 4 nitrogen and oxygen atoms in total. The highest BCUT2D eigenvalue weighted by atomic mass is 79.9. The summed E-state index contributed by atoms with van der Waals surface area (Å²) in [7, 11) is 0. The summed E-state index contributed by atoms with van der Waals surface area (Å²) in [6, 6.07) is 4.18. The number of ketones is 1. The number of carbonyl (C=O) groups excluding carboxylic acids is 1. The zero-order valence-corrected chi connectivity index (χ0v) is 10.5. The molecule has 0 aliphatic heterocycles. The molecule has 0 fully saturated rings. The Bertz CT molecular complexity index is 568. The zero-order valence-electron chi connectivity index (χ0n) is 8.91. The number of benzene rings is 1. The van der Waals surface area contributed by atoms with Crippen molar-refractivity contribution in [3.63, 3.8) is 0 Å². The van der Waals surface area contributed by atoms with E-state index in [2.05, 4.69) is 26.1 Å². The molecule has 0 saturated heterocycles. The highest BCUT2D eigenvalue weighted by Gasteiger charge is 2.13. The first-order chi connectivity index (χ1) is 8.06. The maximum absolute atomic E-state index is 13.1. The molecule has 0 N–H and O–H groups in total. The van der Waals surface area contributed by atoms with Gasteiger partial charge in [-0.05, 0) is 25.1 Å². The molecule has 0 aliphatic rings. The van der Waals surface area contributed by atoms with E-state index in [0.29, 0.717) is 10.0 Å². The Morgan fingerprint density at radius 3 is 3.00 bits per heavy atom. The Kier molecular flexibility index (Phi) is 3.33. The molecule has 0 bridgehead atoms. The van der Waals surface area contributed by atoms with E-state index in [-0.39, 0.29) is 29.7 Å². The molecule has 2 aromatic rings. The number of rotatable bonds is 3. The summed E-state index contributed by atoms with van der Waals surface area (Å²) in [5.41, 5.74) is 0.489.